The highest BCUT2D eigenvalue weighted by atomic mass is 35.5. The van der Waals surface area contributed by atoms with Gasteiger partial charge >= 0.3 is 0 Å². The fraction of sp³-hybridized carbons (Fsp3) is 0.480. The second-order valence-electron chi connectivity index (χ2n) is 8.01. The molecule has 0 spiro atoms. The summed E-state index contributed by atoms with van der Waals surface area (Å²) in [6.45, 7) is 5.98. The van der Waals surface area contributed by atoms with Crippen LogP contribution in [0.4, 0.5) is 0 Å². The highest BCUT2D eigenvalue weighted by molar-refractivity contribution is 6.42. The van der Waals surface area contributed by atoms with Gasteiger partial charge in [0.2, 0.25) is 0 Å². The van der Waals surface area contributed by atoms with Crippen molar-refractivity contribution < 1.29 is 9.47 Å². The maximum absolute atomic E-state index is 10.1. The Kier molecular flexibility index (Phi) is 9.96. The molecule has 1 unspecified atom stereocenters. The summed E-state index contributed by atoms with van der Waals surface area (Å²) in [5, 5.41) is 14.8. The maximum atomic E-state index is 10.1. The van der Waals surface area contributed by atoms with Gasteiger partial charge in [-0.15, -0.1) is 0 Å². The third kappa shape index (κ3) is 6.53. The number of aryl methyl sites for hydroxylation is 1. The van der Waals surface area contributed by atoms with Gasteiger partial charge in [-0.05, 0) is 80.1 Å². The number of benzene rings is 2. The number of halogens is 2. The predicted molar refractivity (Wildman–Crippen MR) is 129 cm³/mol. The molecule has 0 fully saturated rings. The molecule has 2 aromatic rings. The van der Waals surface area contributed by atoms with Crippen molar-refractivity contribution in [1.29, 1.82) is 5.26 Å². The summed E-state index contributed by atoms with van der Waals surface area (Å²) in [4.78, 5) is 0. The minimum Gasteiger partial charge on any atom is -0.493 e. The number of nitriles is 1. The van der Waals surface area contributed by atoms with Crippen molar-refractivity contribution in [3.8, 4) is 17.6 Å². The molecule has 2 aromatic carbocycles. The number of nitrogens with zero attached hydrogens (tertiary/aromatic N) is 1. The molecular weight excluding hydrogens is 431 g/mol. The molecule has 0 aliphatic rings. The average molecular weight is 463 g/mol. The van der Waals surface area contributed by atoms with Crippen molar-refractivity contribution in [2.45, 2.75) is 44.9 Å². The largest absolute Gasteiger partial charge is 0.493 e. The van der Waals surface area contributed by atoms with Gasteiger partial charge in [-0.1, -0.05) is 49.2 Å². The van der Waals surface area contributed by atoms with Gasteiger partial charge in [-0.3, -0.25) is 0 Å². The summed E-state index contributed by atoms with van der Waals surface area (Å²) in [5.74, 6) is 1.50. The first kappa shape index (κ1) is 25.3. The lowest BCUT2D eigenvalue weighted by molar-refractivity contribution is 0.341. The van der Waals surface area contributed by atoms with Gasteiger partial charge < -0.3 is 14.8 Å². The molecule has 6 heteroatoms. The standard InChI is InChI=1S/C25H32Cl2N2O2/c1-18(2)25(17-28,20-9-11-23(30-3)24(16-20)31-4)12-6-14-29-13-5-7-19-8-10-21(26)22(27)15-19/h8-11,15-16,18,29H,5-7,12-14H2,1-4H3. The lowest BCUT2D eigenvalue weighted by atomic mass is 9.70. The van der Waals surface area contributed by atoms with E-state index in [1.807, 2.05) is 36.4 Å². The molecule has 4 nitrogen and oxygen atoms in total. The van der Waals surface area contributed by atoms with Crippen LogP contribution in [0.1, 0.15) is 44.2 Å². The second-order valence-corrected chi connectivity index (χ2v) is 8.83. The Morgan fingerprint density at radius 2 is 1.68 bits per heavy atom. The molecule has 1 N–H and O–H groups in total. The minimum atomic E-state index is -0.568. The maximum Gasteiger partial charge on any atom is 0.161 e. The molecule has 0 bridgehead atoms. The van der Waals surface area contributed by atoms with Gasteiger partial charge in [0.15, 0.2) is 11.5 Å². The molecule has 0 saturated carbocycles. The number of rotatable bonds is 12. The van der Waals surface area contributed by atoms with E-state index in [1.165, 1.54) is 5.56 Å². The molecule has 0 radical (unpaired) electrons. The lowest BCUT2D eigenvalue weighted by Gasteiger charge is -2.32. The number of hydrogen-bond acceptors (Lipinski definition) is 4. The van der Waals surface area contributed by atoms with E-state index in [0.29, 0.717) is 21.5 Å². The Labute approximate surface area is 196 Å². The van der Waals surface area contributed by atoms with Crippen molar-refractivity contribution in [1.82, 2.24) is 5.32 Å². The van der Waals surface area contributed by atoms with E-state index >= 15 is 0 Å². The molecule has 1 atom stereocenters. The predicted octanol–water partition coefficient (Wildman–Crippen LogP) is 6.43. The number of nitrogens with one attached hydrogen (secondary N) is 1. The van der Waals surface area contributed by atoms with Gasteiger partial charge in [0.25, 0.3) is 0 Å². The molecule has 0 saturated heterocycles. The zero-order chi connectivity index (χ0) is 22.9. The van der Waals surface area contributed by atoms with Gasteiger partial charge in [-0.2, -0.15) is 5.26 Å². The van der Waals surface area contributed by atoms with E-state index in [2.05, 4.69) is 25.2 Å². The van der Waals surface area contributed by atoms with Crippen molar-refractivity contribution >= 4 is 23.2 Å². The minimum absolute atomic E-state index is 0.172. The second kappa shape index (κ2) is 12.2. The van der Waals surface area contributed by atoms with Gasteiger partial charge in [0.05, 0.1) is 35.7 Å². The molecule has 0 aromatic heterocycles. The first-order valence-electron chi connectivity index (χ1n) is 10.7. The number of ether oxygens (including phenoxy) is 2. The molecular formula is C25H32Cl2N2O2. The van der Waals surface area contributed by atoms with Crippen molar-refractivity contribution in [3.05, 3.63) is 57.6 Å². The molecule has 0 amide bonds. The first-order valence-corrected chi connectivity index (χ1v) is 11.4. The smallest absolute Gasteiger partial charge is 0.161 e. The van der Waals surface area contributed by atoms with E-state index in [0.717, 1.165) is 44.3 Å². The van der Waals surface area contributed by atoms with Crippen LogP contribution in [0.3, 0.4) is 0 Å². The quantitative estimate of drug-likeness (QED) is 0.369. The molecule has 168 valence electrons. The zero-order valence-corrected chi connectivity index (χ0v) is 20.3. The summed E-state index contributed by atoms with van der Waals surface area (Å²) >= 11 is 12.0. The van der Waals surface area contributed by atoms with E-state index < -0.39 is 5.41 Å². The van der Waals surface area contributed by atoms with Crippen molar-refractivity contribution in [2.24, 2.45) is 5.92 Å². The Morgan fingerprint density at radius 3 is 2.29 bits per heavy atom. The Balaban J connectivity index is 1.89. The van der Waals surface area contributed by atoms with Crippen LogP contribution < -0.4 is 14.8 Å². The summed E-state index contributed by atoms with van der Waals surface area (Å²) < 4.78 is 10.8. The van der Waals surface area contributed by atoms with Crippen LogP contribution >= 0.6 is 23.2 Å². The van der Waals surface area contributed by atoms with E-state index in [4.69, 9.17) is 32.7 Å². The molecule has 0 aliphatic carbocycles. The Morgan fingerprint density at radius 1 is 0.968 bits per heavy atom. The van der Waals surface area contributed by atoms with Crippen LogP contribution in [0.25, 0.3) is 0 Å². The van der Waals surface area contributed by atoms with E-state index in [-0.39, 0.29) is 5.92 Å². The van der Waals surface area contributed by atoms with Crippen LogP contribution in [0.5, 0.6) is 11.5 Å². The Bertz CT molecular complexity index is 896. The molecule has 0 aliphatic heterocycles. The lowest BCUT2D eigenvalue weighted by Crippen LogP contribution is -2.32. The molecule has 31 heavy (non-hydrogen) atoms. The number of methoxy groups -OCH3 is 2. The summed E-state index contributed by atoms with van der Waals surface area (Å²) in [6.07, 6.45) is 3.65. The third-order valence-corrected chi connectivity index (χ3v) is 6.55. The zero-order valence-electron chi connectivity index (χ0n) is 18.8. The third-order valence-electron chi connectivity index (χ3n) is 5.81. The summed E-state index contributed by atoms with van der Waals surface area (Å²) in [5.41, 5.74) is 1.59. The van der Waals surface area contributed by atoms with Crippen molar-refractivity contribution in [3.63, 3.8) is 0 Å². The first-order chi connectivity index (χ1) is 14.9. The van der Waals surface area contributed by atoms with Crippen LogP contribution in [-0.4, -0.2) is 27.3 Å². The fourth-order valence-corrected chi connectivity index (χ4v) is 4.18. The highest BCUT2D eigenvalue weighted by Crippen LogP contribution is 2.40. The molecule has 0 heterocycles. The van der Waals surface area contributed by atoms with E-state index in [1.54, 1.807) is 14.2 Å². The highest BCUT2D eigenvalue weighted by Gasteiger charge is 2.36. The normalized spacial score (nSPS) is 13.0. The Hall–Kier alpha value is -1.93. The van der Waals surface area contributed by atoms with Crippen LogP contribution in [0, 0.1) is 17.2 Å². The number of hydrogen-bond donors (Lipinski definition) is 1. The van der Waals surface area contributed by atoms with E-state index in [9.17, 15) is 5.26 Å². The summed E-state index contributed by atoms with van der Waals surface area (Å²) in [7, 11) is 3.23. The van der Waals surface area contributed by atoms with Gasteiger partial charge in [-0.25, -0.2) is 0 Å². The average Bonchev–Trinajstić information content (AvgIpc) is 2.77. The van der Waals surface area contributed by atoms with Gasteiger partial charge in [0, 0.05) is 0 Å². The van der Waals surface area contributed by atoms with Crippen LogP contribution in [-0.2, 0) is 11.8 Å². The summed E-state index contributed by atoms with van der Waals surface area (Å²) in [6, 6.07) is 14.2. The van der Waals surface area contributed by atoms with Gasteiger partial charge in [0.1, 0.15) is 0 Å². The van der Waals surface area contributed by atoms with Crippen LogP contribution in [0.15, 0.2) is 36.4 Å². The monoisotopic (exact) mass is 462 g/mol. The van der Waals surface area contributed by atoms with Crippen molar-refractivity contribution in [2.75, 3.05) is 27.3 Å². The topological polar surface area (TPSA) is 54.3 Å². The van der Waals surface area contributed by atoms with Crippen LogP contribution in [0.2, 0.25) is 10.0 Å². The molecule has 2 rings (SSSR count). The SMILES string of the molecule is COc1ccc(C(C#N)(CCCNCCCc2ccc(Cl)c(Cl)c2)C(C)C)cc1OC. The fourth-order valence-electron chi connectivity index (χ4n) is 3.86.